The Morgan fingerprint density at radius 3 is 2.61 bits per heavy atom. The number of hydrogen-bond donors (Lipinski definition) is 2. The average Bonchev–Trinajstić information content (AvgIpc) is 3.11. The first kappa shape index (κ1) is 13.0. The van der Waals surface area contributed by atoms with Gasteiger partial charge in [0.25, 0.3) is 0 Å². The van der Waals surface area contributed by atoms with E-state index in [-0.39, 0.29) is 5.82 Å². The monoisotopic (exact) mass is 251 g/mol. The SMILES string of the molecule is Cc1c(C2CC2)ccc(F)c1C(C)C(N)C(=O)O. The van der Waals surface area contributed by atoms with E-state index in [1.54, 1.807) is 6.92 Å². The number of aliphatic carboxylic acids is 1. The van der Waals surface area contributed by atoms with Crippen molar-refractivity contribution in [2.24, 2.45) is 5.73 Å². The molecule has 2 atom stereocenters. The van der Waals surface area contributed by atoms with E-state index in [1.165, 1.54) is 6.07 Å². The summed E-state index contributed by atoms with van der Waals surface area (Å²) in [5.41, 5.74) is 8.06. The lowest BCUT2D eigenvalue weighted by atomic mass is 9.87. The molecule has 4 heteroatoms. The van der Waals surface area contributed by atoms with E-state index in [4.69, 9.17) is 10.8 Å². The lowest BCUT2D eigenvalue weighted by Gasteiger charge is -2.21. The number of carbonyl (C=O) groups is 1. The summed E-state index contributed by atoms with van der Waals surface area (Å²) in [6.45, 7) is 3.53. The molecule has 0 radical (unpaired) electrons. The first-order chi connectivity index (χ1) is 8.43. The van der Waals surface area contributed by atoms with Gasteiger partial charge in [0.05, 0.1) is 0 Å². The van der Waals surface area contributed by atoms with Crippen LogP contribution >= 0.6 is 0 Å². The molecule has 1 aliphatic carbocycles. The molecule has 0 amide bonds. The number of nitrogens with two attached hydrogens (primary N) is 1. The van der Waals surface area contributed by atoms with Crippen LogP contribution in [0.25, 0.3) is 0 Å². The van der Waals surface area contributed by atoms with Crippen LogP contribution < -0.4 is 5.73 Å². The third-order valence-corrected chi connectivity index (χ3v) is 3.80. The highest BCUT2D eigenvalue weighted by Crippen LogP contribution is 2.43. The van der Waals surface area contributed by atoms with Gasteiger partial charge in [-0.05, 0) is 48.4 Å². The molecule has 0 spiro atoms. The standard InChI is InChI=1S/C14H18FNO2/c1-7-10(9-3-4-9)5-6-11(15)12(7)8(2)13(16)14(17)18/h5-6,8-9,13H,3-4,16H2,1-2H3,(H,17,18). The summed E-state index contributed by atoms with van der Waals surface area (Å²) >= 11 is 0. The van der Waals surface area contributed by atoms with Crippen molar-refractivity contribution >= 4 is 5.97 Å². The minimum atomic E-state index is -1.10. The summed E-state index contributed by atoms with van der Waals surface area (Å²) in [4.78, 5) is 10.9. The smallest absolute Gasteiger partial charge is 0.321 e. The van der Waals surface area contributed by atoms with Crippen LogP contribution in [0.5, 0.6) is 0 Å². The lowest BCUT2D eigenvalue weighted by molar-refractivity contribution is -0.139. The zero-order valence-corrected chi connectivity index (χ0v) is 10.6. The predicted octanol–water partition coefficient (Wildman–Crippen LogP) is 2.53. The Hall–Kier alpha value is -1.42. The number of rotatable bonds is 4. The van der Waals surface area contributed by atoms with Crippen LogP contribution in [0.2, 0.25) is 0 Å². The highest BCUT2D eigenvalue weighted by atomic mass is 19.1. The molecule has 98 valence electrons. The highest BCUT2D eigenvalue weighted by Gasteiger charge is 2.30. The fraction of sp³-hybridized carbons (Fsp3) is 0.500. The van der Waals surface area contributed by atoms with Crippen molar-refractivity contribution in [3.8, 4) is 0 Å². The quantitative estimate of drug-likeness (QED) is 0.864. The minimum Gasteiger partial charge on any atom is -0.480 e. The largest absolute Gasteiger partial charge is 0.480 e. The van der Waals surface area contributed by atoms with E-state index in [1.807, 2.05) is 13.0 Å². The molecule has 1 aliphatic rings. The molecule has 1 fully saturated rings. The van der Waals surface area contributed by atoms with Crippen molar-refractivity contribution in [3.05, 3.63) is 34.6 Å². The van der Waals surface area contributed by atoms with Crippen LogP contribution in [-0.2, 0) is 4.79 Å². The summed E-state index contributed by atoms with van der Waals surface area (Å²) in [7, 11) is 0. The minimum absolute atomic E-state index is 0.360. The number of hydrogen-bond acceptors (Lipinski definition) is 2. The van der Waals surface area contributed by atoms with Gasteiger partial charge in [-0.2, -0.15) is 0 Å². The molecule has 0 heterocycles. The Labute approximate surface area is 106 Å². The molecular weight excluding hydrogens is 233 g/mol. The van der Waals surface area contributed by atoms with Crippen LogP contribution in [-0.4, -0.2) is 17.1 Å². The van der Waals surface area contributed by atoms with Gasteiger partial charge in [0.2, 0.25) is 0 Å². The van der Waals surface area contributed by atoms with Crippen molar-refractivity contribution < 1.29 is 14.3 Å². The van der Waals surface area contributed by atoms with Crippen molar-refractivity contribution in [2.45, 2.75) is 44.6 Å². The summed E-state index contributed by atoms with van der Waals surface area (Å²) in [6.07, 6.45) is 2.26. The first-order valence-corrected chi connectivity index (χ1v) is 6.20. The second-order valence-electron chi connectivity index (χ2n) is 5.10. The number of carboxylic acids is 1. The molecule has 1 saturated carbocycles. The van der Waals surface area contributed by atoms with Gasteiger partial charge in [0, 0.05) is 5.92 Å². The molecule has 2 rings (SSSR count). The highest BCUT2D eigenvalue weighted by molar-refractivity contribution is 5.74. The van der Waals surface area contributed by atoms with Gasteiger partial charge in [-0.3, -0.25) is 4.79 Å². The predicted molar refractivity (Wildman–Crippen MR) is 67.1 cm³/mol. The van der Waals surface area contributed by atoms with E-state index in [2.05, 4.69) is 0 Å². The summed E-state index contributed by atoms with van der Waals surface area (Å²) in [5, 5.41) is 8.94. The maximum absolute atomic E-state index is 13.9. The van der Waals surface area contributed by atoms with Crippen LogP contribution in [0.15, 0.2) is 12.1 Å². The van der Waals surface area contributed by atoms with Crippen LogP contribution in [0.1, 0.15) is 48.3 Å². The Balaban J connectivity index is 2.42. The van der Waals surface area contributed by atoms with Gasteiger partial charge >= 0.3 is 5.97 Å². The summed E-state index contributed by atoms with van der Waals surface area (Å²) < 4.78 is 13.9. The number of carboxylic acid groups (broad SMARTS) is 1. The molecular formula is C14H18FNO2. The maximum atomic E-state index is 13.9. The van der Waals surface area contributed by atoms with Crippen molar-refractivity contribution in [2.75, 3.05) is 0 Å². The van der Waals surface area contributed by atoms with Gasteiger partial charge in [-0.1, -0.05) is 13.0 Å². The van der Waals surface area contributed by atoms with Crippen molar-refractivity contribution in [3.63, 3.8) is 0 Å². The van der Waals surface area contributed by atoms with E-state index < -0.39 is 17.9 Å². The molecule has 0 aromatic heterocycles. The molecule has 2 unspecified atom stereocenters. The zero-order chi connectivity index (χ0) is 13.4. The van der Waals surface area contributed by atoms with Gasteiger partial charge < -0.3 is 10.8 Å². The maximum Gasteiger partial charge on any atom is 0.321 e. The summed E-state index contributed by atoms with van der Waals surface area (Å²) in [5.74, 6) is -1.47. The van der Waals surface area contributed by atoms with Gasteiger partial charge in [-0.15, -0.1) is 0 Å². The lowest BCUT2D eigenvalue weighted by Crippen LogP contribution is -2.36. The fourth-order valence-corrected chi connectivity index (χ4v) is 2.50. The van der Waals surface area contributed by atoms with Gasteiger partial charge in [0.15, 0.2) is 0 Å². The van der Waals surface area contributed by atoms with Crippen LogP contribution in [0, 0.1) is 12.7 Å². The van der Waals surface area contributed by atoms with E-state index in [0.717, 1.165) is 24.0 Å². The second-order valence-corrected chi connectivity index (χ2v) is 5.10. The first-order valence-electron chi connectivity index (χ1n) is 6.20. The van der Waals surface area contributed by atoms with Crippen molar-refractivity contribution in [1.29, 1.82) is 0 Å². The zero-order valence-electron chi connectivity index (χ0n) is 10.6. The molecule has 1 aromatic carbocycles. The summed E-state index contributed by atoms with van der Waals surface area (Å²) in [6, 6.07) is 2.17. The fourth-order valence-electron chi connectivity index (χ4n) is 2.50. The number of halogens is 1. The second kappa shape index (κ2) is 4.69. The molecule has 18 heavy (non-hydrogen) atoms. The Morgan fingerprint density at radius 1 is 1.50 bits per heavy atom. The molecule has 0 bridgehead atoms. The Morgan fingerprint density at radius 2 is 2.11 bits per heavy atom. The van der Waals surface area contributed by atoms with Crippen molar-refractivity contribution in [1.82, 2.24) is 0 Å². The van der Waals surface area contributed by atoms with E-state index in [9.17, 15) is 9.18 Å². The molecule has 3 N–H and O–H groups in total. The third-order valence-electron chi connectivity index (χ3n) is 3.80. The van der Waals surface area contributed by atoms with Gasteiger partial charge in [-0.25, -0.2) is 4.39 Å². The third kappa shape index (κ3) is 2.25. The van der Waals surface area contributed by atoms with E-state index in [0.29, 0.717) is 11.5 Å². The normalized spacial score (nSPS) is 18.4. The Kier molecular flexibility index (Phi) is 3.39. The topological polar surface area (TPSA) is 63.3 Å². The average molecular weight is 251 g/mol. The number of benzene rings is 1. The molecule has 0 saturated heterocycles. The molecule has 1 aromatic rings. The van der Waals surface area contributed by atoms with Crippen LogP contribution in [0.3, 0.4) is 0 Å². The van der Waals surface area contributed by atoms with Crippen LogP contribution in [0.4, 0.5) is 4.39 Å². The Bertz CT molecular complexity index is 483. The van der Waals surface area contributed by atoms with Gasteiger partial charge in [0.1, 0.15) is 11.9 Å². The molecule has 0 aliphatic heterocycles. The van der Waals surface area contributed by atoms with E-state index >= 15 is 0 Å². The molecule has 3 nitrogen and oxygen atoms in total.